The Morgan fingerprint density at radius 3 is 2.63 bits per heavy atom. The number of esters is 1. The number of methoxy groups -OCH3 is 1. The number of likely N-dealkylation sites (tertiary alicyclic amines) is 1. The minimum Gasteiger partial charge on any atom is -0.468 e. The standard InChI is InChI=1S/C15H28N2O2/c1-14(2)8-5-9-17(10-14)11-15(16-3,12-6-7-12)13(18)19-4/h12,16H,5-11H2,1-4H3. The van der Waals surface area contributed by atoms with Crippen LogP contribution in [0.2, 0.25) is 0 Å². The first-order valence-corrected chi connectivity index (χ1v) is 7.43. The third kappa shape index (κ3) is 3.11. The molecule has 1 unspecified atom stereocenters. The molecule has 4 heteroatoms. The van der Waals surface area contributed by atoms with Gasteiger partial charge in [0.05, 0.1) is 7.11 Å². The number of nitrogens with one attached hydrogen (secondary N) is 1. The zero-order chi connectivity index (χ0) is 14.1. The average Bonchev–Trinajstić information content (AvgIpc) is 3.18. The number of carbonyl (C=O) groups excluding carboxylic acids is 1. The van der Waals surface area contributed by atoms with Crippen molar-refractivity contribution in [3.05, 3.63) is 0 Å². The van der Waals surface area contributed by atoms with E-state index in [0.29, 0.717) is 11.3 Å². The van der Waals surface area contributed by atoms with Crippen LogP contribution in [0.4, 0.5) is 0 Å². The van der Waals surface area contributed by atoms with Gasteiger partial charge in [0.15, 0.2) is 0 Å². The van der Waals surface area contributed by atoms with E-state index in [1.54, 1.807) is 0 Å². The van der Waals surface area contributed by atoms with Gasteiger partial charge < -0.3 is 15.0 Å². The fraction of sp³-hybridized carbons (Fsp3) is 0.933. The van der Waals surface area contributed by atoms with E-state index < -0.39 is 5.54 Å². The molecular formula is C15H28N2O2. The number of likely N-dealkylation sites (N-methyl/N-ethyl adjacent to an activating group) is 1. The van der Waals surface area contributed by atoms with Crippen molar-refractivity contribution < 1.29 is 9.53 Å². The van der Waals surface area contributed by atoms with E-state index in [4.69, 9.17) is 4.74 Å². The van der Waals surface area contributed by atoms with Crippen LogP contribution in [0.15, 0.2) is 0 Å². The van der Waals surface area contributed by atoms with Crippen LogP contribution in [0, 0.1) is 11.3 Å². The van der Waals surface area contributed by atoms with Crippen LogP contribution in [0.3, 0.4) is 0 Å². The first kappa shape index (κ1) is 14.8. The van der Waals surface area contributed by atoms with Crippen molar-refractivity contribution in [3.63, 3.8) is 0 Å². The van der Waals surface area contributed by atoms with E-state index in [2.05, 4.69) is 24.1 Å². The van der Waals surface area contributed by atoms with Gasteiger partial charge in [0.2, 0.25) is 0 Å². The number of rotatable bonds is 5. The van der Waals surface area contributed by atoms with Gasteiger partial charge in [-0.3, -0.25) is 0 Å². The van der Waals surface area contributed by atoms with Crippen LogP contribution >= 0.6 is 0 Å². The second-order valence-corrected chi connectivity index (χ2v) is 6.97. The molecule has 2 aliphatic rings. The average molecular weight is 268 g/mol. The molecule has 1 saturated carbocycles. The summed E-state index contributed by atoms with van der Waals surface area (Å²) in [5.74, 6) is 0.343. The Morgan fingerprint density at radius 2 is 2.16 bits per heavy atom. The molecule has 0 spiro atoms. The molecule has 1 aliphatic heterocycles. The van der Waals surface area contributed by atoms with Gasteiger partial charge in [-0.1, -0.05) is 13.8 Å². The molecule has 0 amide bonds. The Kier molecular flexibility index (Phi) is 4.21. The van der Waals surface area contributed by atoms with Gasteiger partial charge in [0.1, 0.15) is 5.54 Å². The van der Waals surface area contributed by atoms with E-state index in [-0.39, 0.29) is 5.97 Å². The molecule has 110 valence electrons. The summed E-state index contributed by atoms with van der Waals surface area (Å²) in [6.07, 6.45) is 4.76. The van der Waals surface area contributed by atoms with Crippen LogP contribution in [0.5, 0.6) is 0 Å². The van der Waals surface area contributed by atoms with Gasteiger partial charge >= 0.3 is 5.97 Å². The lowest BCUT2D eigenvalue weighted by Crippen LogP contribution is -2.61. The van der Waals surface area contributed by atoms with Crippen molar-refractivity contribution in [2.24, 2.45) is 11.3 Å². The lowest BCUT2D eigenvalue weighted by atomic mass is 9.82. The van der Waals surface area contributed by atoms with E-state index in [0.717, 1.165) is 32.5 Å². The number of hydrogen-bond donors (Lipinski definition) is 1. The summed E-state index contributed by atoms with van der Waals surface area (Å²) in [7, 11) is 3.39. The van der Waals surface area contributed by atoms with Crippen LogP contribution in [-0.2, 0) is 9.53 Å². The van der Waals surface area contributed by atoms with Gasteiger partial charge in [0, 0.05) is 13.1 Å². The predicted molar refractivity (Wildman–Crippen MR) is 76.0 cm³/mol. The molecule has 19 heavy (non-hydrogen) atoms. The van der Waals surface area contributed by atoms with E-state index in [1.165, 1.54) is 20.0 Å². The molecule has 4 nitrogen and oxygen atoms in total. The molecule has 0 bridgehead atoms. The highest BCUT2D eigenvalue weighted by Crippen LogP contribution is 2.41. The van der Waals surface area contributed by atoms with Crippen LogP contribution in [-0.4, -0.2) is 50.2 Å². The third-order valence-electron chi connectivity index (χ3n) is 4.72. The zero-order valence-electron chi connectivity index (χ0n) is 12.8. The summed E-state index contributed by atoms with van der Waals surface area (Å²) >= 11 is 0. The Hall–Kier alpha value is -0.610. The SMILES string of the molecule is CNC(CN1CCCC(C)(C)C1)(C(=O)OC)C1CC1. The number of piperidine rings is 1. The highest BCUT2D eigenvalue weighted by Gasteiger charge is 2.52. The Labute approximate surface area is 116 Å². The van der Waals surface area contributed by atoms with Crippen molar-refractivity contribution in [2.45, 2.75) is 45.1 Å². The number of hydrogen-bond acceptors (Lipinski definition) is 4. The minimum absolute atomic E-state index is 0.0964. The topological polar surface area (TPSA) is 41.6 Å². The normalized spacial score (nSPS) is 26.7. The Bertz CT molecular complexity index is 339. The zero-order valence-corrected chi connectivity index (χ0v) is 12.8. The van der Waals surface area contributed by atoms with Crippen LogP contribution < -0.4 is 5.32 Å². The molecule has 2 fully saturated rings. The second-order valence-electron chi connectivity index (χ2n) is 6.97. The number of nitrogens with zero attached hydrogens (tertiary/aromatic N) is 1. The van der Waals surface area contributed by atoms with Gasteiger partial charge in [-0.15, -0.1) is 0 Å². The maximum absolute atomic E-state index is 12.3. The maximum atomic E-state index is 12.3. The molecule has 1 aliphatic carbocycles. The van der Waals surface area contributed by atoms with Crippen molar-refractivity contribution in [1.29, 1.82) is 0 Å². The van der Waals surface area contributed by atoms with Gasteiger partial charge in [0.25, 0.3) is 0 Å². The number of carbonyl (C=O) groups is 1. The highest BCUT2D eigenvalue weighted by molar-refractivity contribution is 5.82. The van der Waals surface area contributed by atoms with Gasteiger partial charge in [-0.25, -0.2) is 4.79 Å². The summed E-state index contributed by atoms with van der Waals surface area (Å²) in [4.78, 5) is 14.7. The second kappa shape index (κ2) is 5.41. The fourth-order valence-electron chi connectivity index (χ4n) is 3.54. The molecule has 1 heterocycles. The van der Waals surface area contributed by atoms with Crippen LogP contribution in [0.25, 0.3) is 0 Å². The maximum Gasteiger partial charge on any atom is 0.327 e. The minimum atomic E-state index is -0.498. The Balaban J connectivity index is 2.09. The van der Waals surface area contributed by atoms with Crippen molar-refractivity contribution in [3.8, 4) is 0 Å². The fourth-order valence-corrected chi connectivity index (χ4v) is 3.54. The monoisotopic (exact) mass is 268 g/mol. The van der Waals surface area contributed by atoms with Gasteiger partial charge in [-0.05, 0) is 50.6 Å². The summed E-state index contributed by atoms with van der Waals surface area (Å²) in [6, 6.07) is 0. The summed E-state index contributed by atoms with van der Waals surface area (Å²) in [6.45, 7) is 7.58. The quantitative estimate of drug-likeness (QED) is 0.770. The summed E-state index contributed by atoms with van der Waals surface area (Å²) in [5.41, 5.74) is -0.139. The van der Waals surface area contributed by atoms with Crippen LogP contribution in [0.1, 0.15) is 39.5 Å². The molecule has 1 N–H and O–H groups in total. The van der Waals surface area contributed by atoms with E-state index >= 15 is 0 Å². The van der Waals surface area contributed by atoms with Crippen molar-refractivity contribution in [2.75, 3.05) is 33.8 Å². The van der Waals surface area contributed by atoms with Crippen molar-refractivity contribution in [1.82, 2.24) is 10.2 Å². The van der Waals surface area contributed by atoms with E-state index in [9.17, 15) is 4.79 Å². The lowest BCUT2D eigenvalue weighted by molar-refractivity contribution is -0.151. The first-order chi connectivity index (χ1) is 8.93. The Morgan fingerprint density at radius 1 is 1.47 bits per heavy atom. The number of ether oxygens (including phenoxy) is 1. The molecule has 1 atom stereocenters. The molecule has 0 aromatic carbocycles. The summed E-state index contributed by atoms with van der Waals surface area (Å²) < 4.78 is 5.07. The lowest BCUT2D eigenvalue weighted by Gasteiger charge is -2.43. The molecule has 0 aromatic rings. The van der Waals surface area contributed by atoms with Crippen molar-refractivity contribution >= 4 is 5.97 Å². The summed E-state index contributed by atoms with van der Waals surface area (Å²) in [5, 5.41) is 3.29. The largest absolute Gasteiger partial charge is 0.468 e. The molecular weight excluding hydrogens is 240 g/mol. The third-order valence-corrected chi connectivity index (χ3v) is 4.72. The van der Waals surface area contributed by atoms with Gasteiger partial charge in [-0.2, -0.15) is 0 Å². The predicted octanol–water partition coefficient (Wildman–Crippen LogP) is 1.65. The van der Waals surface area contributed by atoms with E-state index in [1.807, 2.05) is 7.05 Å². The first-order valence-electron chi connectivity index (χ1n) is 7.43. The molecule has 2 rings (SSSR count). The highest BCUT2D eigenvalue weighted by atomic mass is 16.5. The molecule has 0 radical (unpaired) electrons. The molecule has 0 aromatic heterocycles. The molecule has 1 saturated heterocycles. The smallest absolute Gasteiger partial charge is 0.327 e.